The number of alkyl halides is 3. The van der Waals surface area contributed by atoms with Gasteiger partial charge >= 0.3 is 12.4 Å². The number of nitrogens with zero attached hydrogens (tertiary/aromatic N) is 5. The highest BCUT2D eigenvalue weighted by molar-refractivity contribution is 5.78. The first-order valence-corrected chi connectivity index (χ1v) is 11.8. The second-order valence-corrected chi connectivity index (χ2v) is 9.48. The van der Waals surface area contributed by atoms with Crippen LogP contribution >= 0.6 is 0 Å². The van der Waals surface area contributed by atoms with Crippen molar-refractivity contribution in [2.45, 2.75) is 37.8 Å². The van der Waals surface area contributed by atoms with E-state index in [9.17, 15) is 22.8 Å². The van der Waals surface area contributed by atoms with Crippen LogP contribution in [0.2, 0.25) is 0 Å². The van der Waals surface area contributed by atoms with Gasteiger partial charge in [-0.1, -0.05) is 12.1 Å². The zero-order chi connectivity index (χ0) is 25.5. The van der Waals surface area contributed by atoms with E-state index in [0.29, 0.717) is 52.1 Å². The Bertz CT molecular complexity index is 1120. The molecule has 1 N–H and O–H groups in total. The molecule has 0 aliphatic carbocycles. The normalized spacial score (nSPS) is 23.6. The van der Waals surface area contributed by atoms with E-state index < -0.39 is 12.0 Å². The number of amides is 3. The molecule has 36 heavy (non-hydrogen) atoms. The molecule has 5 rings (SSSR count). The Kier molecular flexibility index (Phi) is 6.27. The number of aromatic amines is 1. The van der Waals surface area contributed by atoms with Crippen molar-refractivity contribution < 1.29 is 32.2 Å². The van der Waals surface area contributed by atoms with Gasteiger partial charge in [0.15, 0.2) is 0 Å². The molecule has 0 unspecified atom stereocenters. The van der Waals surface area contributed by atoms with Crippen LogP contribution in [-0.2, 0) is 28.9 Å². The molecule has 2 atom stereocenters. The van der Waals surface area contributed by atoms with E-state index in [1.54, 1.807) is 21.8 Å². The Morgan fingerprint density at radius 2 is 1.78 bits per heavy atom. The zero-order valence-electron chi connectivity index (χ0n) is 19.8. The van der Waals surface area contributed by atoms with Crippen molar-refractivity contribution in [3.8, 4) is 5.75 Å². The highest BCUT2D eigenvalue weighted by Gasteiger charge is 2.55. The summed E-state index contributed by atoms with van der Waals surface area (Å²) in [7, 11) is 1.61. The average molecular weight is 509 g/mol. The highest BCUT2D eigenvalue weighted by Crippen LogP contribution is 2.38. The van der Waals surface area contributed by atoms with Crippen molar-refractivity contribution >= 4 is 11.9 Å². The summed E-state index contributed by atoms with van der Waals surface area (Å²) in [6.45, 7) is 2.77. The Balaban J connectivity index is 1.14. The molecule has 3 aliphatic heterocycles. The third-order valence-corrected chi connectivity index (χ3v) is 7.29. The molecule has 3 aliphatic rings. The Labute approximate surface area is 205 Å². The molecular formula is C23H27F3N6O4. The number of benzene rings is 1. The lowest BCUT2D eigenvalue weighted by molar-refractivity contribution is -0.274. The van der Waals surface area contributed by atoms with Crippen molar-refractivity contribution in [2.75, 3.05) is 39.8 Å². The second kappa shape index (κ2) is 9.26. The van der Waals surface area contributed by atoms with Crippen molar-refractivity contribution in [3.05, 3.63) is 41.2 Å². The Morgan fingerprint density at radius 1 is 1.08 bits per heavy atom. The monoisotopic (exact) mass is 508 g/mol. The first-order chi connectivity index (χ1) is 17.2. The van der Waals surface area contributed by atoms with E-state index in [-0.39, 0.29) is 30.0 Å². The van der Waals surface area contributed by atoms with E-state index >= 15 is 0 Å². The number of rotatable bonds is 5. The third kappa shape index (κ3) is 4.84. The number of hydrogen-bond acceptors (Lipinski definition) is 6. The van der Waals surface area contributed by atoms with Gasteiger partial charge in [0, 0.05) is 45.5 Å². The molecule has 4 heterocycles. The lowest BCUT2D eigenvalue weighted by Crippen LogP contribution is -2.48. The molecule has 3 amide bonds. The minimum Gasteiger partial charge on any atom is -0.406 e. The van der Waals surface area contributed by atoms with Gasteiger partial charge in [-0.2, -0.15) is 15.4 Å². The molecule has 194 valence electrons. The molecular weight excluding hydrogens is 481 g/mol. The van der Waals surface area contributed by atoms with Crippen molar-refractivity contribution in [2.24, 2.45) is 5.92 Å². The largest absolute Gasteiger partial charge is 0.573 e. The smallest absolute Gasteiger partial charge is 0.406 e. The number of methoxy groups -OCH3 is 1. The van der Waals surface area contributed by atoms with Gasteiger partial charge in [-0.3, -0.25) is 4.79 Å². The summed E-state index contributed by atoms with van der Waals surface area (Å²) < 4.78 is 46.7. The molecule has 2 aromatic rings. The number of halogens is 3. The topological polar surface area (TPSA) is 104 Å². The minimum atomic E-state index is -4.74. The van der Waals surface area contributed by atoms with Crippen LogP contribution in [0.5, 0.6) is 5.75 Å². The fraction of sp³-hybridized carbons (Fsp3) is 0.565. The van der Waals surface area contributed by atoms with E-state index in [2.05, 4.69) is 20.1 Å². The van der Waals surface area contributed by atoms with Crippen LogP contribution in [0.3, 0.4) is 0 Å². The van der Waals surface area contributed by atoms with Crippen LogP contribution in [0.25, 0.3) is 0 Å². The molecule has 2 fully saturated rings. The number of urea groups is 1. The molecule has 1 aromatic carbocycles. The minimum absolute atomic E-state index is 0.00148. The quantitative estimate of drug-likeness (QED) is 0.663. The molecule has 0 bridgehead atoms. The second-order valence-electron chi connectivity index (χ2n) is 9.48. The lowest BCUT2D eigenvalue weighted by Gasteiger charge is -2.32. The molecule has 0 radical (unpaired) electrons. The predicted octanol–water partition coefficient (Wildman–Crippen LogP) is 1.97. The number of nitrogens with one attached hydrogen (secondary N) is 1. The summed E-state index contributed by atoms with van der Waals surface area (Å²) in [6.07, 6.45) is -3.46. The van der Waals surface area contributed by atoms with Crippen LogP contribution in [0.15, 0.2) is 24.3 Å². The number of carbonyl (C=O) groups is 2. The van der Waals surface area contributed by atoms with Gasteiger partial charge in [0.05, 0.1) is 25.3 Å². The first kappa shape index (κ1) is 24.3. The standard InChI is InChI=1S/C23H27F3N6O4/c1-35-22-13-31(20(33)7-4-15-2-5-17(6-3-15)36-23(24,25)26)10-16(22)11-32(14-22)21(34)30-9-8-18-19(12-30)28-29-27-18/h2-3,5-6,16H,4,7-14H2,1H3,(H,27,28,29)/t16-,22+/m1/s1. The summed E-state index contributed by atoms with van der Waals surface area (Å²) in [5.74, 6) is -0.345. The van der Waals surface area contributed by atoms with Gasteiger partial charge < -0.3 is 24.2 Å². The summed E-state index contributed by atoms with van der Waals surface area (Å²) in [5, 5.41) is 10.8. The Hall–Kier alpha value is -3.35. The maximum Gasteiger partial charge on any atom is 0.573 e. The third-order valence-electron chi connectivity index (χ3n) is 7.29. The number of likely N-dealkylation sites (tertiary alicyclic amines) is 2. The number of aryl methyl sites for hydroxylation is 1. The van der Waals surface area contributed by atoms with Crippen LogP contribution in [-0.4, -0.2) is 93.8 Å². The zero-order valence-corrected chi connectivity index (χ0v) is 19.8. The van der Waals surface area contributed by atoms with Gasteiger partial charge in [0.25, 0.3) is 0 Å². The van der Waals surface area contributed by atoms with Crippen LogP contribution in [0, 0.1) is 5.92 Å². The summed E-state index contributed by atoms with van der Waals surface area (Å²) >= 11 is 0. The maximum atomic E-state index is 13.2. The summed E-state index contributed by atoms with van der Waals surface area (Å²) in [5.41, 5.74) is 1.81. The van der Waals surface area contributed by atoms with Gasteiger partial charge in [-0.05, 0) is 24.1 Å². The fourth-order valence-electron chi connectivity index (χ4n) is 5.37. The molecule has 1 aromatic heterocycles. The van der Waals surface area contributed by atoms with E-state index in [1.807, 2.05) is 0 Å². The SMILES string of the molecule is CO[C@]12CN(C(=O)CCc3ccc(OC(F)(F)F)cc3)C[C@@H]1CN(C(=O)N1CCc3n[nH]nc3C1)C2. The van der Waals surface area contributed by atoms with E-state index in [0.717, 1.165) is 17.0 Å². The van der Waals surface area contributed by atoms with Crippen molar-refractivity contribution in [1.29, 1.82) is 0 Å². The van der Waals surface area contributed by atoms with Gasteiger partial charge in [0.2, 0.25) is 5.91 Å². The number of aromatic nitrogens is 3. The number of carbonyl (C=O) groups excluding carboxylic acids is 2. The van der Waals surface area contributed by atoms with Gasteiger partial charge in [-0.15, -0.1) is 13.2 Å². The lowest BCUT2D eigenvalue weighted by atomic mass is 9.95. The number of hydrogen-bond donors (Lipinski definition) is 1. The van der Waals surface area contributed by atoms with Crippen LogP contribution < -0.4 is 4.74 Å². The number of H-pyrrole nitrogens is 1. The van der Waals surface area contributed by atoms with Crippen molar-refractivity contribution in [1.82, 2.24) is 30.1 Å². The summed E-state index contributed by atoms with van der Waals surface area (Å²) in [4.78, 5) is 31.4. The molecule has 10 nitrogen and oxygen atoms in total. The average Bonchev–Trinajstić information content (AvgIpc) is 3.54. The number of ether oxygens (including phenoxy) is 2. The summed E-state index contributed by atoms with van der Waals surface area (Å²) in [6, 6.07) is 5.46. The molecule has 13 heteroatoms. The van der Waals surface area contributed by atoms with Crippen molar-refractivity contribution in [3.63, 3.8) is 0 Å². The van der Waals surface area contributed by atoms with Crippen LogP contribution in [0.4, 0.5) is 18.0 Å². The molecule has 0 saturated carbocycles. The fourth-order valence-corrected chi connectivity index (χ4v) is 5.37. The number of fused-ring (bicyclic) bond motifs is 2. The van der Waals surface area contributed by atoms with E-state index in [4.69, 9.17) is 4.74 Å². The molecule has 0 spiro atoms. The van der Waals surface area contributed by atoms with Gasteiger partial charge in [0.1, 0.15) is 17.0 Å². The Morgan fingerprint density at radius 3 is 2.47 bits per heavy atom. The first-order valence-electron chi connectivity index (χ1n) is 11.8. The van der Waals surface area contributed by atoms with Gasteiger partial charge in [-0.25, -0.2) is 4.79 Å². The van der Waals surface area contributed by atoms with Crippen LogP contribution in [0.1, 0.15) is 23.4 Å². The predicted molar refractivity (Wildman–Crippen MR) is 119 cm³/mol. The molecule has 2 saturated heterocycles. The van der Waals surface area contributed by atoms with E-state index in [1.165, 1.54) is 24.3 Å². The maximum absolute atomic E-state index is 13.2. The highest BCUT2D eigenvalue weighted by atomic mass is 19.4.